The maximum absolute atomic E-state index is 13.8. The lowest BCUT2D eigenvalue weighted by molar-refractivity contribution is -0.199. The van der Waals surface area contributed by atoms with Crippen LogP contribution in [0.1, 0.15) is 71.3 Å². The molecule has 48 heavy (non-hydrogen) atoms. The largest absolute Gasteiger partial charge is 0.482 e. The van der Waals surface area contributed by atoms with Crippen LogP contribution in [-0.4, -0.2) is 86.0 Å². The summed E-state index contributed by atoms with van der Waals surface area (Å²) in [6.45, 7) is 5.49. The number of ether oxygens (including phenoxy) is 1. The van der Waals surface area contributed by atoms with Crippen molar-refractivity contribution < 1.29 is 36.8 Å². The van der Waals surface area contributed by atoms with Crippen molar-refractivity contribution in [2.45, 2.75) is 108 Å². The topological polar surface area (TPSA) is 113 Å². The van der Waals surface area contributed by atoms with Gasteiger partial charge in [-0.1, -0.05) is 57.0 Å². The SMILES string of the molecule is CC1(C)[C@H]2C[C@H]3OB([C@H](Cc4ccccc4)NC(=O)[C@H](COC[C@H]4CCCN4C(=O)C(C#N)CC4CC4)NCC(F)(F)F)O[C@@]3(C)[C@H]1C2. The average molecular weight is 673 g/mol. The Morgan fingerprint density at radius 3 is 2.58 bits per heavy atom. The smallest absolute Gasteiger partial charge is 0.404 e. The van der Waals surface area contributed by atoms with E-state index in [2.05, 4.69) is 37.5 Å². The summed E-state index contributed by atoms with van der Waals surface area (Å²) in [5.74, 6) is -0.954. The molecule has 4 saturated carbocycles. The van der Waals surface area contributed by atoms with Crippen LogP contribution in [-0.2, 0) is 30.1 Å². The van der Waals surface area contributed by atoms with Crippen molar-refractivity contribution in [1.82, 2.24) is 15.5 Å². The van der Waals surface area contributed by atoms with Crippen LogP contribution in [0.25, 0.3) is 0 Å². The molecule has 2 N–H and O–H groups in total. The number of carbonyl (C=O) groups is 2. The Balaban J connectivity index is 1.12. The maximum Gasteiger partial charge on any atom is 0.482 e. The molecule has 0 radical (unpaired) electrons. The zero-order valence-electron chi connectivity index (χ0n) is 28.1. The van der Waals surface area contributed by atoms with Crippen molar-refractivity contribution in [1.29, 1.82) is 5.26 Å². The van der Waals surface area contributed by atoms with Gasteiger partial charge in [0.2, 0.25) is 11.8 Å². The number of alkyl halides is 3. The second kappa shape index (κ2) is 13.9. The molecule has 7 rings (SSSR count). The van der Waals surface area contributed by atoms with E-state index >= 15 is 0 Å². The monoisotopic (exact) mass is 672 g/mol. The van der Waals surface area contributed by atoms with Gasteiger partial charge in [-0.2, -0.15) is 18.4 Å². The van der Waals surface area contributed by atoms with Gasteiger partial charge >= 0.3 is 13.3 Å². The molecular weight excluding hydrogens is 624 g/mol. The summed E-state index contributed by atoms with van der Waals surface area (Å²) in [6.07, 6.45) is 1.67. The van der Waals surface area contributed by atoms with Crippen molar-refractivity contribution in [3.05, 3.63) is 35.9 Å². The third-order valence-corrected chi connectivity index (χ3v) is 11.8. The highest BCUT2D eigenvalue weighted by molar-refractivity contribution is 6.48. The fourth-order valence-electron chi connectivity index (χ4n) is 8.62. The van der Waals surface area contributed by atoms with Crippen LogP contribution in [0.2, 0.25) is 0 Å². The van der Waals surface area contributed by atoms with E-state index in [1.54, 1.807) is 4.90 Å². The molecule has 2 saturated heterocycles. The lowest BCUT2D eigenvalue weighted by Gasteiger charge is -2.64. The van der Waals surface area contributed by atoms with Crippen LogP contribution in [0.4, 0.5) is 13.2 Å². The van der Waals surface area contributed by atoms with Gasteiger partial charge in [-0.25, -0.2) is 0 Å². The van der Waals surface area contributed by atoms with E-state index in [9.17, 15) is 28.0 Å². The van der Waals surface area contributed by atoms with Gasteiger partial charge in [0.1, 0.15) is 12.0 Å². The third kappa shape index (κ3) is 7.57. The Hall–Kier alpha value is -2.66. The Morgan fingerprint density at radius 2 is 1.92 bits per heavy atom. The van der Waals surface area contributed by atoms with Gasteiger partial charge in [0.15, 0.2) is 0 Å². The van der Waals surface area contributed by atoms with Crippen LogP contribution < -0.4 is 10.6 Å². The van der Waals surface area contributed by atoms with E-state index in [1.807, 2.05) is 30.3 Å². The van der Waals surface area contributed by atoms with Gasteiger partial charge in [0.25, 0.3) is 0 Å². The van der Waals surface area contributed by atoms with Gasteiger partial charge in [-0.15, -0.1) is 0 Å². The molecule has 4 aliphatic carbocycles. The van der Waals surface area contributed by atoms with Crippen molar-refractivity contribution in [3.63, 3.8) is 0 Å². The molecule has 6 aliphatic rings. The predicted molar refractivity (Wildman–Crippen MR) is 172 cm³/mol. The number of hydrogen-bond donors (Lipinski definition) is 2. The van der Waals surface area contributed by atoms with Crippen LogP contribution in [0.5, 0.6) is 0 Å². The fraction of sp³-hybridized carbons (Fsp3) is 0.743. The summed E-state index contributed by atoms with van der Waals surface area (Å²) in [4.78, 5) is 28.6. The average Bonchev–Trinajstić information content (AvgIpc) is 3.61. The number of carbonyl (C=O) groups excluding carboxylic acids is 2. The Bertz CT molecular complexity index is 1360. The standard InChI is InChI=1S/C35H48BF3N4O5/c1-33(2)25-16-28(33)34(3)29(17-25)47-36(48-34)30(15-22-8-5-4-6-9-22)42-31(44)27(41-21-35(37,38)39)20-46-19-26-10-7-13-43(26)32(45)24(18-40)14-23-11-12-23/h4-6,8-9,23-30,41H,7,10-17,19-21H2,1-3H3,(H,42,44)/t24?,25-,26-,27+,28+,29-,30+,34+/m1/s1. The predicted octanol–water partition coefficient (Wildman–Crippen LogP) is 4.45. The van der Waals surface area contributed by atoms with Gasteiger partial charge in [-0.05, 0) is 74.2 Å². The molecule has 8 atom stereocenters. The van der Waals surface area contributed by atoms with Crippen molar-refractivity contribution in [2.75, 3.05) is 26.3 Å². The molecular formula is C35H48BF3N4O5. The Morgan fingerprint density at radius 1 is 1.17 bits per heavy atom. The van der Waals surface area contributed by atoms with Crippen LogP contribution in [0.15, 0.2) is 30.3 Å². The molecule has 6 fully saturated rings. The molecule has 2 aliphatic heterocycles. The first-order chi connectivity index (χ1) is 22.8. The lowest BCUT2D eigenvalue weighted by Crippen LogP contribution is -2.65. The molecule has 1 unspecified atom stereocenters. The van der Waals surface area contributed by atoms with E-state index in [-0.39, 0.29) is 36.7 Å². The zero-order valence-corrected chi connectivity index (χ0v) is 28.1. The number of likely N-dealkylation sites (tertiary alicyclic amines) is 1. The Kier molecular flexibility index (Phi) is 10.2. The number of amides is 2. The summed E-state index contributed by atoms with van der Waals surface area (Å²) >= 11 is 0. The van der Waals surface area contributed by atoms with Gasteiger partial charge in [-0.3, -0.25) is 14.9 Å². The lowest BCUT2D eigenvalue weighted by atomic mass is 9.43. The van der Waals surface area contributed by atoms with Gasteiger partial charge in [0, 0.05) is 6.54 Å². The quantitative estimate of drug-likeness (QED) is 0.281. The van der Waals surface area contributed by atoms with Crippen molar-refractivity contribution >= 4 is 18.9 Å². The fourth-order valence-corrected chi connectivity index (χ4v) is 8.62. The van der Waals surface area contributed by atoms with Gasteiger partial charge < -0.3 is 24.3 Å². The van der Waals surface area contributed by atoms with E-state index in [4.69, 9.17) is 14.0 Å². The maximum atomic E-state index is 13.8. The van der Waals surface area contributed by atoms with E-state index < -0.39 is 49.2 Å². The number of rotatable bonds is 14. The normalized spacial score (nSPS) is 30.9. The van der Waals surface area contributed by atoms with Crippen LogP contribution in [0, 0.1) is 40.4 Å². The first-order valence-corrected chi connectivity index (χ1v) is 17.5. The molecule has 1 aromatic carbocycles. The molecule has 262 valence electrons. The molecule has 0 spiro atoms. The second-order valence-corrected chi connectivity index (χ2v) is 15.4. The summed E-state index contributed by atoms with van der Waals surface area (Å²) in [7, 11) is -0.773. The minimum Gasteiger partial charge on any atom is -0.404 e. The van der Waals surface area contributed by atoms with E-state index in [0.717, 1.165) is 37.7 Å². The zero-order chi connectivity index (χ0) is 34.3. The number of nitrogens with one attached hydrogen (secondary N) is 2. The van der Waals surface area contributed by atoms with E-state index in [0.29, 0.717) is 43.6 Å². The molecule has 2 heterocycles. The minimum atomic E-state index is -4.54. The van der Waals surface area contributed by atoms with Crippen LogP contribution >= 0.6 is 0 Å². The molecule has 9 nitrogen and oxygen atoms in total. The molecule has 2 bridgehead atoms. The van der Waals surface area contributed by atoms with Crippen molar-refractivity contribution in [2.24, 2.45) is 29.1 Å². The molecule has 13 heteroatoms. The highest BCUT2D eigenvalue weighted by Crippen LogP contribution is 2.65. The van der Waals surface area contributed by atoms with E-state index in [1.165, 1.54) is 0 Å². The first-order valence-electron chi connectivity index (χ1n) is 17.5. The highest BCUT2D eigenvalue weighted by Gasteiger charge is 2.68. The van der Waals surface area contributed by atoms with Crippen LogP contribution in [0.3, 0.4) is 0 Å². The van der Waals surface area contributed by atoms with Crippen molar-refractivity contribution in [3.8, 4) is 6.07 Å². The summed E-state index contributed by atoms with van der Waals surface area (Å²) in [6, 6.07) is 10.1. The third-order valence-electron chi connectivity index (χ3n) is 11.8. The summed E-state index contributed by atoms with van der Waals surface area (Å²) in [5, 5.41) is 14.9. The number of halogens is 3. The van der Waals surface area contributed by atoms with Gasteiger partial charge in [0.05, 0.1) is 49.5 Å². The molecule has 0 aromatic heterocycles. The number of benzene rings is 1. The highest BCUT2D eigenvalue weighted by atomic mass is 19.4. The number of nitriles is 1. The second-order valence-electron chi connectivity index (χ2n) is 15.4. The summed E-state index contributed by atoms with van der Waals surface area (Å²) in [5.41, 5.74) is 0.532. The Labute approximate surface area is 281 Å². The molecule has 1 aromatic rings. The number of hydrogen-bond acceptors (Lipinski definition) is 7. The summed E-state index contributed by atoms with van der Waals surface area (Å²) < 4.78 is 59.1. The first kappa shape index (κ1) is 35.2. The number of nitrogens with zero attached hydrogens (tertiary/aromatic N) is 2. The minimum absolute atomic E-state index is 0.0610. The molecule has 2 amide bonds.